The molecule has 120 valence electrons. The molecule has 4 rings (SSSR count). The highest BCUT2D eigenvalue weighted by Gasteiger charge is 2.68. The Morgan fingerprint density at radius 3 is 2.14 bits per heavy atom. The van der Waals surface area contributed by atoms with Crippen molar-refractivity contribution in [2.45, 2.75) is 72.5 Å². The molecule has 2 N–H and O–H groups in total. The molecule has 4 fully saturated rings. The van der Waals surface area contributed by atoms with E-state index in [0.29, 0.717) is 17.8 Å². The number of aliphatic hydroxyl groups is 2. The van der Waals surface area contributed by atoms with E-state index in [2.05, 4.69) is 34.6 Å². The van der Waals surface area contributed by atoms with Crippen LogP contribution in [0.5, 0.6) is 0 Å². The van der Waals surface area contributed by atoms with E-state index in [1.54, 1.807) is 0 Å². The number of rotatable bonds is 2. The van der Waals surface area contributed by atoms with Gasteiger partial charge >= 0.3 is 0 Å². The van der Waals surface area contributed by atoms with Crippen LogP contribution in [0.1, 0.15) is 60.3 Å². The average molecular weight is 292 g/mol. The van der Waals surface area contributed by atoms with Crippen LogP contribution in [0, 0.1) is 45.8 Å². The summed E-state index contributed by atoms with van der Waals surface area (Å²) in [6.45, 7) is 11.4. The molecule has 4 aliphatic carbocycles. The maximum Gasteiger partial charge on any atom is 0.0647 e. The van der Waals surface area contributed by atoms with E-state index in [-0.39, 0.29) is 28.5 Å². The Labute approximate surface area is 129 Å². The van der Waals surface area contributed by atoms with Gasteiger partial charge in [-0.1, -0.05) is 34.6 Å². The van der Waals surface area contributed by atoms with Crippen molar-refractivity contribution >= 4 is 0 Å². The molecule has 0 radical (unpaired) electrons. The lowest BCUT2D eigenvalue weighted by Gasteiger charge is -2.46. The SMILES string of the molecule is CC1C2CC2C(C)(CC2C[C@@]3(C)CC2C(C)(C)C3O)C1O. The molecule has 4 saturated carbocycles. The van der Waals surface area contributed by atoms with Crippen molar-refractivity contribution in [2.24, 2.45) is 45.8 Å². The van der Waals surface area contributed by atoms with E-state index < -0.39 is 0 Å². The minimum Gasteiger partial charge on any atom is -0.392 e. The van der Waals surface area contributed by atoms with Crippen molar-refractivity contribution < 1.29 is 10.2 Å². The van der Waals surface area contributed by atoms with Gasteiger partial charge in [0.2, 0.25) is 0 Å². The second-order valence-corrected chi connectivity index (χ2v) is 10.2. The first kappa shape index (κ1) is 14.5. The monoisotopic (exact) mass is 292 g/mol. The lowest BCUT2D eigenvalue weighted by Crippen LogP contribution is -2.45. The Morgan fingerprint density at radius 1 is 1.00 bits per heavy atom. The summed E-state index contributed by atoms with van der Waals surface area (Å²) in [4.78, 5) is 0. The Hall–Kier alpha value is -0.0800. The maximum atomic E-state index is 10.7. The van der Waals surface area contributed by atoms with Crippen molar-refractivity contribution in [3.05, 3.63) is 0 Å². The summed E-state index contributed by atoms with van der Waals surface area (Å²) in [7, 11) is 0. The van der Waals surface area contributed by atoms with Crippen molar-refractivity contribution in [2.75, 3.05) is 0 Å². The van der Waals surface area contributed by atoms with Crippen LogP contribution in [0.15, 0.2) is 0 Å². The lowest BCUT2D eigenvalue weighted by atomic mass is 9.61. The van der Waals surface area contributed by atoms with E-state index in [9.17, 15) is 10.2 Å². The van der Waals surface area contributed by atoms with Gasteiger partial charge in [-0.2, -0.15) is 0 Å². The minimum absolute atomic E-state index is 0.0478. The topological polar surface area (TPSA) is 40.5 Å². The van der Waals surface area contributed by atoms with E-state index in [0.717, 1.165) is 18.3 Å². The predicted molar refractivity (Wildman–Crippen MR) is 83.6 cm³/mol. The van der Waals surface area contributed by atoms with Gasteiger partial charge in [0.1, 0.15) is 0 Å². The Morgan fingerprint density at radius 2 is 1.67 bits per heavy atom. The fourth-order valence-electron chi connectivity index (χ4n) is 7.35. The van der Waals surface area contributed by atoms with E-state index in [4.69, 9.17) is 0 Å². The molecule has 2 nitrogen and oxygen atoms in total. The van der Waals surface area contributed by atoms with E-state index in [1.165, 1.54) is 19.3 Å². The Bertz CT molecular complexity index is 467. The van der Waals surface area contributed by atoms with Crippen molar-refractivity contribution in [1.82, 2.24) is 0 Å². The third-order valence-electron chi connectivity index (χ3n) is 8.54. The molecule has 0 amide bonds. The van der Waals surface area contributed by atoms with Crippen molar-refractivity contribution in [3.8, 4) is 0 Å². The highest BCUT2D eigenvalue weighted by Crippen LogP contribution is 2.71. The summed E-state index contributed by atoms with van der Waals surface area (Å²) in [5.41, 5.74) is 0.302. The van der Waals surface area contributed by atoms with Crippen molar-refractivity contribution in [1.29, 1.82) is 0 Å². The van der Waals surface area contributed by atoms with Crippen LogP contribution in [0.25, 0.3) is 0 Å². The lowest BCUT2D eigenvalue weighted by molar-refractivity contribution is -0.0721. The van der Waals surface area contributed by atoms with Crippen LogP contribution < -0.4 is 0 Å². The first-order valence-corrected chi connectivity index (χ1v) is 8.97. The summed E-state index contributed by atoms with van der Waals surface area (Å²) >= 11 is 0. The fraction of sp³-hybridized carbons (Fsp3) is 1.00. The zero-order valence-electron chi connectivity index (χ0n) is 14.3. The highest BCUT2D eigenvalue weighted by molar-refractivity contribution is 5.17. The molecular weight excluding hydrogens is 260 g/mol. The number of hydrogen-bond acceptors (Lipinski definition) is 2. The molecule has 0 spiro atoms. The maximum absolute atomic E-state index is 10.7. The molecule has 2 heteroatoms. The molecule has 0 aromatic carbocycles. The molecule has 8 unspecified atom stereocenters. The summed E-state index contributed by atoms with van der Waals surface area (Å²) in [5.74, 6) is 3.38. The van der Waals surface area contributed by atoms with Gasteiger partial charge in [-0.05, 0) is 71.5 Å². The third-order valence-corrected chi connectivity index (χ3v) is 8.54. The van der Waals surface area contributed by atoms with Gasteiger partial charge in [-0.15, -0.1) is 0 Å². The largest absolute Gasteiger partial charge is 0.392 e. The summed E-state index contributed by atoms with van der Waals surface area (Å²) < 4.78 is 0. The zero-order chi connectivity index (χ0) is 15.4. The summed E-state index contributed by atoms with van der Waals surface area (Å²) in [6.07, 6.45) is 4.60. The van der Waals surface area contributed by atoms with E-state index in [1.807, 2.05) is 0 Å². The van der Waals surface area contributed by atoms with Gasteiger partial charge in [0.15, 0.2) is 0 Å². The molecule has 4 aliphatic rings. The van der Waals surface area contributed by atoms with Crippen LogP contribution in [-0.4, -0.2) is 22.4 Å². The number of fused-ring (bicyclic) bond motifs is 3. The van der Waals surface area contributed by atoms with E-state index >= 15 is 0 Å². The van der Waals surface area contributed by atoms with Gasteiger partial charge in [-0.25, -0.2) is 0 Å². The van der Waals surface area contributed by atoms with Crippen LogP contribution in [0.4, 0.5) is 0 Å². The predicted octanol–water partition coefficient (Wildman–Crippen LogP) is 3.46. The zero-order valence-corrected chi connectivity index (χ0v) is 14.3. The van der Waals surface area contributed by atoms with Gasteiger partial charge in [0, 0.05) is 0 Å². The third kappa shape index (κ3) is 1.62. The fourth-order valence-corrected chi connectivity index (χ4v) is 7.35. The minimum atomic E-state index is -0.153. The molecule has 0 aromatic heterocycles. The van der Waals surface area contributed by atoms with Gasteiger partial charge < -0.3 is 10.2 Å². The number of hydrogen-bond donors (Lipinski definition) is 2. The summed E-state index contributed by atoms with van der Waals surface area (Å²) in [5, 5.41) is 21.4. The molecule has 0 saturated heterocycles. The smallest absolute Gasteiger partial charge is 0.0647 e. The average Bonchev–Trinajstić information content (AvgIpc) is 3.07. The van der Waals surface area contributed by atoms with Crippen LogP contribution in [0.2, 0.25) is 0 Å². The summed E-state index contributed by atoms with van der Waals surface area (Å²) in [6, 6.07) is 0. The van der Waals surface area contributed by atoms with Crippen LogP contribution in [-0.2, 0) is 0 Å². The highest BCUT2D eigenvalue weighted by atomic mass is 16.3. The van der Waals surface area contributed by atoms with Crippen LogP contribution >= 0.6 is 0 Å². The standard InChI is InChI=1S/C19H32O2/c1-10-12-6-13(12)19(5,15(10)20)8-11-7-18(4)9-14(11)17(2,3)16(18)21/h10-16,20-21H,6-9H2,1-5H3/t10?,11?,12?,13?,14?,15?,16?,18-,19?/m0/s1. The first-order chi connectivity index (χ1) is 9.61. The van der Waals surface area contributed by atoms with Gasteiger partial charge in [0.25, 0.3) is 0 Å². The van der Waals surface area contributed by atoms with Crippen molar-refractivity contribution in [3.63, 3.8) is 0 Å². The molecule has 9 atom stereocenters. The molecule has 21 heavy (non-hydrogen) atoms. The number of aliphatic hydroxyl groups excluding tert-OH is 2. The Balaban J connectivity index is 1.57. The second kappa shape index (κ2) is 3.87. The normalized spacial score (nSPS) is 63.9. The van der Waals surface area contributed by atoms with Gasteiger partial charge in [0.05, 0.1) is 12.2 Å². The first-order valence-electron chi connectivity index (χ1n) is 8.97. The molecule has 0 aliphatic heterocycles. The molecule has 0 heterocycles. The molecule has 0 aromatic rings. The quantitative estimate of drug-likeness (QED) is 0.818. The Kier molecular flexibility index (Phi) is 2.67. The second-order valence-electron chi connectivity index (χ2n) is 10.2. The molecule has 2 bridgehead atoms. The van der Waals surface area contributed by atoms with Gasteiger partial charge in [-0.3, -0.25) is 0 Å². The molecular formula is C19H32O2. The van der Waals surface area contributed by atoms with Crippen LogP contribution in [0.3, 0.4) is 0 Å².